The molecule has 0 aliphatic carbocycles. The predicted octanol–water partition coefficient (Wildman–Crippen LogP) is 3.68. The number of piperazine rings is 1. The van der Waals surface area contributed by atoms with Crippen LogP contribution in [0.4, 0.5) is 4.39 Å². The van der Waals surface area contributed by atoms with Gasteiger partial charge in [-0.3, -0.25) is 4.90 Å². The van der Waals surface area contributed by atoms with Gasteiger partial charge in [0, 0.05) is 36.3 Å². The van der Waals surface area contributed by atoms with Gasteiger partial charge in [0.15, 0.2) is 0 Å². The molecule has 1 saturated heterocycles. The summed E-state index contributed by atoms with van der Waals surface area (Å²) in [5.41, 5.74) is 1.89. The molecule has 2 heterocycles. The van der Waals surface area contributed by atoms with Gasteiger partial charge in [-0.15, -0.1) is 0 Å². The summed E-state index contributed by atoms with van der Waals surface area (Å²) in [6, 6.07) is 14.1. The van der Waals surface area contributed by atoms with Gasteiger partial charge >= 0.3 is 0 Å². The molecule has 26 heavy (non-hydrogen) atoms. The molecule has 2 aromatic carbocycles. The van der Waals surface area contributed by atoms with Crippen molar-refractivity contribution < 1.29 is 8.91 Å². The molecule has 3 aromatic rings. The van der Waals surface area contributed by atoms with E-state index in [1.807, 2.05) is 18.2 Å². The highest BCUT2D eigenvalue weighted by Crippen LogP contribution is 2.26. The van der Waals surface area contributed by atoms with Crippen molar-refractivity contribution in [3.63, 3.8) is 0 Å². The van der Waals surface area contributed by atoms with E-state index >= 15 is 0 Å². The number of halogens is 2. The second-order valence-electron chi connectivity index (χ2n) is 6.26. The lowest BCUT2D eigenvalue weighted by molar-refractivity contribution is 0.135. The number of nitrogens with one attached hydrogen (secondary N) is 1. The molecule has 0 bridgehead atoms. The summed E-state index contributed by atoms with van der Waals surface area (Å²) in [6.07, 6.45) is 0. The zero-order chi connectivity index (χ0) is 17.9. The van der Waals surface area contributed by atoms with Crippen LogP contribution in [0.5, 0.6) is 0 Å². The largest absolute Gasteiger partial charge is 0.338 e. The lowest BCUT2D eigenvalue weighted by Crippen LogP contribution is -2.45. The smallest absolute Gasteiger partial charge is 0.241 e. The first kappa shape index (κ1) is 17.1. The summed E-state index contributed by atoms with van der Waals surface area (Å²) < 4.78 is 18.5. The molecule has 134 valence electrons. The van der Waals surface area contributed by atoms with Crippen LogP contribution in [0.1, 0.15) is 17.5 Å². The number of hydrogen-bond donors (Lipinski definition) is 1. The molecule has 1 atom stereocenters. The summed E-state index contributed by atoms with van der Waals surface area (Å²) in [4.78, 5) is 6.76. The Kier molecular flexibility index (Phi) is 4.97. The SMILES string of the molecule is Fc1ccc(-c2noc(CN3CCNCC3c3cccc(Cl)c3)n2)cc1. The Bertz CT molecular complexity index is 883. The highest BCUT2D eigenvalue weighted by atomic mass is 35.5. The van der Waals surface area contributed by atoms with Crippen LogP contribution in [-0.4, -0.2) is 34.7 Å². The van der Waals surface area contributed by atoms with E-state index < -0.39 is 0 Å². The van der Waals surface area contributed by atoms with E-state index in [-0.39, 0.29) is 11.9 Å². The fourth-order valence-electron chi connectivity index (χ4n) is 3.19. The maximum atomic E-state index is 13.1. The molecule has 0 spiro atoms. The van der Waals surface area contributed by atoms with E-state index in [2.05, 4.69) is 26.4 Å². The average molecular weight is 373 g/mol. The summed E-state index contributed by atoms with van der Waals surface area (Å²) in [5.74, 6) is 0.718. The third-order valence-corrected chi connectivity index (χ3v) is 4.73. The fourth-order valence-corrected chi connectivity index (χ4v) is 3.39. The van der Waals surface area contributed by atoms with Crippen molar-refractivity contribution in [1.82, 2.24) is 20.4 Å². The molecule has 1 aromatic heterocycles. The molecule has 0 amide bonds. The van der Waals surface area contributed by atoms with Crippen molar-refractivity contribution in [3.8, 4) is 11.4 Å². The molecular weight excluding hydrogens is 355 g/mol. The second-order valence-corrected chi connectivity index (χ2v) is 6.70. The molecule has 5 nitrogen and oxygen atoms in total. The summed E-state index contributed by atoms with van der Waals surface area (Å²) >= 11 is 6.15. The van der Waals surface area contributed by atoms with Crippen LogP contribution in [0.25, 0.3) is 11.4 Å². The van der Waals surface area contributed by atoms with Crippen LogP contribution >= 0.6 is 11.6 Å². The Balaban J connectivity index is 1.52. The summed E-state index contributed by atoms with van der Waals surface area (Å²) in [5, 5.41) is 8.17. The zero-order valence-electron chi connectivity index (χ0n) is 14.0. The van der Waals surface area contributed by atoms with E-state index in [1.54, 1.807) is 12.1 Å². The maximum Gasteiger partial charge on any atom is 0.241 e. The van der Waals surface area contributed by atoms with Crippen LogP contribution < -0.4 is 5.32 Å². The lowest BCUT2D eigenvalue weighted by Gasteiger charge is -2.35. The van der Waals surface area contributed by atoms with Crippen LogP contribution in [0, 0.1) is 5.82 Å². The van der Waals surface area contributed by atoms with Crippen molar-refractivity contribution in [1.29, 1.82) is 0 Å². The van der Waals surface area contributed by atoms with Crippen molar-refractivity contribution in [2.24, 2.45) is 0 Å². The van der Waals surface area contributed by atoms with Crippen LogP contribution in [0.15, 0.2) is 53.1 Å². The van der Waals surface area contributed by atoms with Crippen LogP contribution in [0.2, 0.25) is 5.02 Å². The molecule has 1 N–H and O–H groups in total. The van der Waals surface area contributed by atoms with Gasteiger partial charge in [0.1, 0.15) is 5.82 Å². The molecule has 0 radical (unpaired) electrons. The second kappa shape index (κ2) is 7.53. The Hall–Kier alpha value is -2.28. The van der Waals surface area contributed by atoms with E-state index in [9.17, 15) is 4.39 Å². The first-order valence-electron chi connectivity index (χ1n) is 8.48. The van der Waals surface area contributed by atoms with Gasteiger partial charge in [-0.05, 0) is 42.0 Å². The molecule has 1 fully saturated rings. The standard InChI is InChI=1S/C19H18ClFN4O/c20-15-3-1-2-14(10-15)17-11-22-8-9-25(17)12-18-23-19(24-26-18)13-4-6-16(21)7-5-13/h1-7,10,17,22H,8-9,11-12H2. The van der Waals surface area contributed by atoms with E-state index in [0.717, 1.165) is 35.8 Å². The van der Waals surface area contributed by atoms with Gasteiger partial charge in [0.2, 0.25) is 11.7 Å². The number of rotatable bonds is 4. The minimum absolute atomic E-state index is 0.184. The monoisotopic (exact) mass is 372 g/mol. The van der Waals surface area contributed by atoms with Crippen molar-refractivity contribution in [2.45, 2.75) is 12.6 Å². The number of hydrogen-bond acceptors (Lipinski definition) is 5. The molecule has 7 heteroatoms. The van der Waals surface area contributed by atoms with Gasteiger partial charge in [0.05, 0.1) is 6.54 Å². The van der Waals surface area contributed by atoms with Crippen molar-refractivity contribution in [2.75, 3.05) is 19.6 Å². The molecule has 1 unspecified atom stereocenters. The molecule has 0 saturated carbocycles. The van der Waals surface area contributed by atoms with E-state index in [1.165, 1.54) is 12.1 Å². The Morgan fingerprint density at radius 2 is 2.08 bits per heavy atom. The van der Waals surface area contributed by atoms with Crippen LogP contribution in [0.3, 0.4) is 0 Å². The average Bonchev–Trinajstić information content (AvgIpc) is 3.11. The third kappa shape index (κ3) is 3.77. The first-order valence-corrected chi connectivity index (χ1v) is 8.85. The Morgan fingerprint density at radius 3 is 2.88 bits per heavy atom. The van der Waals surface area contributed by atoms with E-state index in [0.29, 0.717) is 18.3 Å². The maximum absolute atomic E-state index is 13.1. The first-order chi connectivity index (χ1) is 12.7. The van der Waals surface area contributed by atoms with Gasteiger partial charge in [0.25, 0.3) is 0 Å². The molecule has 1 aliphatic rings. The Labute approximate surface area is 155 Å². The normalized spacial score (nSPS) is 18.2. The number of aromatic nitrogens is 2. The zero-order valence-corrected chi connectivity index (χ0v) is 14.8. The minimum Gasteiger partial charge on any atom is -0.338 e. The van der Waals surface area contributed by atoms with E-state index in [4.69, 9.17) is 16.1 Å². The fraction of sp³-hybridized carbons (Fsp3) is 0.263. The lowest BCUT2D eigenvalue weighted by atomic mass is 10.0. The summed E-state index contributed by atoms with van der Waals surface area (Å²) in [6.45, 7) is 3.15. The van der Waals surface area contributed by atoms with Crippen LogP contribution in [-0.2, 0) is 6.54 Å². The highest BCUT2D eigenvalue weighted by Gasteiger charge is 2.25. The third-order valence-electron chi connectivity index (χ3n) is 4.50. The van der Waals surface area contributed by atoms with Gasteiger partial charge in [-0.1, -0.05) is 28.9 Å². The van der Waals surface area contributed by atoms with Gasteiger partial charge < -0.3 is 9.84 Å². The van der Waals surface area contributed by atoms with Crippen molar-refractivity contribution in [3.05, 3.63) is 70.8 Å². The van der Waals surface area contributed by atoms with Gasteiger partial charge in [-0.25, -0.2) is 4.39 Å². The summed E-state index contributed by atoms with van der Waals surface area (Å²) in [7, 11) is 0. The minimum atomic E-state index is -0.289. The topological polar surface area (TPSA) is 54.2 Å². The highest BCUT2D eigenvalue weighted by molar-refractivity contribution is 6.30. The number of benzene rings is 2. The van der Waals surface area contributed by atoms with Crippen molar-refractivity contribution >= 4 is 11.6 Å². The quantitative estimate of drug-likeness (QED) is 0.757. The van der Waals surface area contributed by atoms with Gasteiger partial charge in [-0.2, -0.15) is 4.98 Å². The Morgan fingerprint density at radius 1 is 1.23 bits per heavy atom. The molecular formula is C19H18ClFN4O. The molecule has 1 aliphatic heterocycles. The predicted molar refractivity (Wildman–Crippen MR) is 97.2 cm³/mol. The molecule has 4 rings (SSSR count). The number of nitrogens with zero attached hydrogens (tertiary/aromatic N) is 3.